The van der Waals surface area contributed by atoms with E-state index < -0.39 is 0 Å². The molecule has 150 valence electrons. The number of benzene rings is 1. The molecule has 1 saturated heterocycles. The highest BCUT2D eigenvalue weighted by Gasteiger charge is 2.32. The lowest BCUT2D eigenvalue weighted by molar-refractivity contribution is 0.0561. The minimum absolute atomic E-state index is 0.0250. The number of aromatic nitrogens is 3. The number of ether oxygens (including phenoxy) is 1. The Bertz CT molecular complexity index is 914. The maximum atomic E-state index is 12.9. The lowest BCUT2D eigenvalue weighted by Gasteiger charge is -2.33. The van der Waals surface area contributed by atoms with Gasteiger partial charge in [-0.25, -0.2) is 0 Å². The minimum Gasteiger partial charge on any atom is -0.376 e. The van der Waals surface area contributed by atoms with Crippen molar-refractivity contribution in [2.45, 2.75) is 38.3 Å². The van der Waals surface area contributed by atoms with Gasteiger partial charge in [0.2, 0.25) is 5.89 Å². The number of hydrogen-bond acceptors (Lipinski definition) is 6. The first-order chi connectivity index (χ1) is 14.3. The van der Waals surface area contributed by atoms with Crippen LogP contribution in [0.5, 0.6) is 0 Å². The Morgan fingerprint density at radius 3 is 2.79 bits per heavy atom. The predicted octanol–water partition coefficient (Wildman–Crippen LogP) is 3.59. The molecule has 1 amide bonds. The summed E-state index contributed by atoms with van der Waals surface area (Å²) in [5.74, 6) is 1.09. The topological polar surface area (TPSA) is 81.4 Å². The first-order valence-electron chi connectivity index (χ1n) is 9.96. The molecular weight excluding hydrogens is 368 g/mol. The number of likely N-dealkylation sites (tertiary alicyclic amines) is 1. The first kappa shape index (κ1) is 19.3. The standard InChI is InChI=1S/C22H24N4O3/c27-22(18-9-12-23-13-10-18)26-14-5-4-8-19(26)21-24-20(25-29-21)11-15-28-16-17-6-2-1-3-7-17/h1-3,6-7,9-10,12-13,19H,4-5,8,11,14-16H2. The van der Waals surface area contributed by atoms with Crippen molar-refractivity contribution in [3.05, 3.63) is 77.7 Å². The summed E-state index contributed by atoms with van der Waals surface area (Å²) in [5.41, 5.74) is 1.76. The van der Waals surface area contributed by atoms with E-state index >= 15 is 0 Å². The molecule has 1 fully saturated rings. The van der Waals surface area contributed by atoms with Crippen LogP contribution in [0.15, 0.2) is 59.4 Å². The highest BCUT2D eigenvalue weighted by Crippen LogP contribution is 2.31. The Hall–Kier alpha value is -3.06. The molecule has 7 heteroatoms. The molecule has 1 aliphatic heterocycles. The molecule has 0 N–H and O–H groups in total. The van der Waals surface area contributed by atoms with Crippen molar-refractivity contribution in [3.63, 3.8) is 0 Å². The maximum Gasteiger partial charge on any atom is 0.254 e. The fourth-order valence-corrected chi connectivity index (χ4v) is 3.52. The second kappa shape index (κ2) is 9.43. The summed E-state index contributed by atoms with van der Waals surface area (Å²) in [6, 6.07) is 13.3. The first-order valence-corrected chi connectivity index (χ1v) is 9.96. The molecule has 1 aliphatic rings. The van der Waals surface area contributed by atoms with Crippen LogP contribution in [-0.4, -0.2) is 39.1 Å². The van der Waals surface area contributed by atoms with Crippen LogP contribution in [0.25, 0.3) is 0 Å². The Labute approximate surface area is 169 Å². The number of piperidine rings is 1. The molecule has 4 rings (SSSR count). The van der Waals surface area contributed by atoms with E-state index in [-0.39, 0.29) is 11.9 Å². The second-order valence-electron chi connectivity index (χ2n) is 7.08. The van der Waals surface area contributed by atoms with Gasteiger partial charge in [0.05, 0.1) is 13.2 Å². The van der Waals surface area contributed by atoms with E-state index in [0.29, 0.717) is 43.5 Å². The van der Waals surface area contributed by atoms with Gasteiger partial charge in [-0.1, -0.05) is 35.5 Å². The van der Waals surface area contributed by atoms with Crippen LogP contribution in [0.2, 0.25) is 0 Å². The zero-order valence-electron chi connectivity index (χ0n) is 16.2. The lowest BCUT2D eigenvalue weighted by Crippen LogP contribution is -2.38. The molecule has 0 radical (unpaired) electrons. The number of amides is 1. The summed E-state index contributed by atoms with van der Waals surface area (Å²) < 4.78 is 11.2. The van der Waals surface area contributed by atoms with Crippen molar-refractivity contribution in [3.8, 4) is 0 Å². The summed E-state index contributed by atoms with van der Waals surface area (Å²) in [4.78, 5) is 23.3. The van der Waals surface area contributed by atoms with Crippen LogP contribution in [0.3, 0.4) is 0 Å². The molecule has 0 aliphatic carbocycles. The number of nitrogens with zero attached hydrogens (tertiary/aromatic N) is 4. The average Bonchev–Trinajstić information content (AvgIpc) is 3.26. The Balaban J connectivity index is 1.36. The summed E-state index contributed by atoms with van der Waals surface area (Å²) in [6.45, 7) is 1.75. The molecule has 2 aromatic heterocycles. The van der Waals surface area contributed by atoms with Crippen LogP contribution in [0.1, 0.15) is 52.9 Å². The highest BCUT2D eigenvalue weighted by atomic mass is 16.5. The van der Waals surface area contributed by atoms with Crippen LogP contribution in [0, 0.1) is 0 Å². The third kappa shape index (κ3) is 4.86. The third-order valence-corrected chi connectivity index (χ3v) is 5.04. The smallest absolute Gasteiger partial charge is 0.254 e. The van der Waals surface area contributed by atoms with Crippen molar-refractivity contribution in [1.82, 2.24) is 20.0 Å². The SMILES string of the molecule is O=C(c1ccncc1)N1CCCCC1c1nc(CCOCc2ccccc2)no1. The Morgan fingerprint density at radius 1 is 1.14 bits per heavy atom. The van der Waals surface area contributed by atoms with Crippen LogP contribution in [0.4, 0.5) is 0 Å². The fraction of sp³-hybridized carbons (Fsp3) is 0.364. The summed E-state index contributed by atoms with van der Waals surface area (Å²) >= 11 is 0. The average molecular weight is 392 g/mol. The number of hydrogen-bond donors (Lipinski definition) is 0. The monoisotopic (exact) mass is 392 g/mol. The number of carbonyl (C=O) groups is 1. The molecule has 1 unspecified atom stereocenters. The highest BCUT2D eigenvalue weighted by molar-refractivity contribution is 5.94. The molecule has 0 saturated carbocycles. The predicted molar refractivity (Wildman–Crippen MR) is 106 cm³/mol. The van der Waals surface area contributed by atoms with Gasteiger partial charge in [-0.3, -0.25) is 9.78 Å². The molecule has 0 spiro atoms. The van der Waals surface area contributed by atoms with Crippen molar-refractivity contribution < 1.29 is 14.1 Å². The van der Waals surface area contributed by atoms with Crippen molar-refractivity contribution >= 4 is 5.91 Å². The molecule has 3 heterocycles. The van der Waals surface area contributed by atoms with E-state index in [1.54, 1.807) is 24.5 Å². The summed E-state index contributed by atoms with van der Waals surface area (Å²) in [5, 5.41) is 4.09. The van der Waals surface area contributed by atoms with E-state index in [1.807, 2.05) is 35.2 Å². The van der Waals surface area contributed by atoms with Gasteiger partial charge in [-0.2, -0.15) is 4.98 Å². The van der Waals surface area contributed by atoms with Gasteiger partial charge in [0.1, 0.15) is 6.04 Å². The van der Waals surface area contributed by atoms with Crippen molar-refractivity contribution in [1.29, 1.82) is 0 Å². The van der Waals surface area contributed by atoms with Crippen LogP contribution >= 0.6 is 0 Å². The van der Waals surface area contributed by atoms with Gasteiger partial charge in [-0.05, 0) is 37.0 Å². The Kier molecular flexibility index (Phi) is 6.26. The molecular formula is C22H24N4O3. The molecule has 1 atom stereocenters. The number of pyridine rings is 1. The van der Waals surface area contributed by atoms with Crippen molar-refractivity contribution in [2.24, 2.45) is 0 Å². The van der Waals surface area contributed by atoms with Gasteiger partial charge in [-0.15, -0.1) is 0 Å². The molecule has 1 aromatic carbocycles. The minimum atomic E-state index is -0.184. The summed E-state index contributed by atoms with van der Waals surface area (Å²) in [7, 11) is 0. The lowest BCUT2D eigenvalue weighted by atomic mass is 10.0. The molecule has 0 bridgehead atoms. The largest absolute Gasteiger partial charge is 0.376 e. The molecule has 7 nitrogen and oxygen atoms in total. The second-order valence-corrected chi connectivity index (χ2v) is 7.08. The zero-order chi connectivity index (χ0) is 19.9. The van der Waals surface area contributed by atoms with E-state index in [9.17, 15) is 4.79 Å². The van der Waals surface area contributed by atoms with E-state index in [2.05, 4.69) is 15.1 Å². The summed E-state index contributed by atoms with van der Waals surface area (Å²) in [6.07, 6.45) is 6.66. The van der Waals surface area contributed by atoms with Gasteiger partial charge in [0.25, 0.3) is 5.91 Å². The van der Waals surface area contributed by atoms with E-state index in [1.165, 1.54) is 0 Å². The molecule has 3 aromatic rings. The maximum absolute atomic E-state index is 12.9. The van der Waals surface area contributed by atoms with Gasteiger partial charge < -0.3 is 14.2 Å². The number of rotatable bonds is 7. The van der Waals surface area contributed by atoms with E-state index in [4.69, 9.17) is 9.26 Å². The molecule has 29 heavy (non-hydrogen) atoms. The van der Waals surface area contributed by atoms with Gasteiger partial charge in [0.15, 0.2) is 5.82 Å². The number of carbonyl (C=O) groups excluding carboxylic acids is 1. The van der Waals surface area contributed by atoms with Crippen molar-refractivity contribution in [2.75, 3.05) is 13.2 Å². The van der Waals surface area contributed by atoms with Crippen LogP contribution < -0.4 is 0 Å². The quantitative estimate of drug-likeness (QED) is 0.572. The van der Waals surface area contributed by atoms with Gasteiger partial charge >= 0.3 is 0 Å². The zero-order valence-corrected chi connectivity index (χ0v) is 16.2. The fourth-order valence-electron chi connectivity index (χ4n) is 3.52. The van der Waals surface area contributed by atoms with E-state index in [0.717, 1.165) is 24.8 Å². The van der Waals surface area contributed by atoms with Gasteiger partial charge in [0, 0.05) is 30.9 Å². The normalized spacial score (nSPS) is 16.7. The Morgan fingerprint density at radius 2 is 1.97 bits per heavy atom. The van der Waals surface area contributed by atoms with Crippen LogP contribution in [-0.2, 0) is 17.8 Å². The third-order valence-electron chi connectivity index (χ3n) is 5.04.